The summed E-state index contributed by atoms with van der Waals surface area (Å²) in [6, 6.07) is 16.9. The van der Waals surface area contributed by atoms with Gasteiger partial charge in [0.15, 0.2) is 0 Å². The first kappa shape index (κ1) is 17.8. The zero-order valence-electron chi connectivity index (χ0n) is 13.2. The van der Waals surface area contributed by atoms with E-state index in [4.69, 9.17) is 16.0 Å². The van der Waals surface area contributed by atoms with Crippen LogP contribution < -0.4 is 0 Å². The van der Waals surface area contributed by atoms with Gasteiger partial charge in [-0.2, -0.15) is 18.4 Å². The van der Waals surface area contributed by atoms with E-state index < -0.39 is 11.7 Å². The molecular formula is C20H11ClF3NO. The van der Waals surface area contributed by atoms with E-state index in [0.29, 0.717) is 27.5 Å². The van der Waals surface area contributed by atoms with Crippen LogP contribution in [0, 0.1) is 11.3 Å². The SMILES string of the molecule is N#CC(=Cc1ccc(-c2cccc(C(F)(F)F)c2)o1)c1ccccc1Cl. The van der Waals surface area contributed by atoms with Crippen molar-refractivity contribution in [2.75, 3.05) is 0 Å². The number of rotatable bonds is 3. The maximum atomic E-state index is 12.8. The molecule has 1 heterocycles. The van der Waals surface area contributed by atoms with Gasteiger partial charge in [0.1, 0.15) is 11.5 Å². The van der Waals surface area contributed by atoms with Crippen molar-refractivity contribution in [3.63, 3.8) is 0 Å². The summed E-state index contributed by atoms with van der Waals surface area (Å²) in [5.74, 6) is 0.618. The van der Waals surface area contributed by atoms with Crippen LogP contribution >= 0.6 is 11.6 Å². The quantitative estimate of drug-likeness (QED) is 0.480. The molecule has 2 nitrogen and oxygen atoms in total. The lowest BCUT2D eigenvalue weighted by Gasteiger charge is -2.07. The first-order valence-electron chi connectivity index (χ1n) is 7.52. The summed E-state index contributed by atoms with van der Waals surface area (Å²) in [7, 11) is 0. The molecule has 0 aliphatic heterocycles. The number of hydrogen-bond acceptors (Lipinski definition) is 2. The van der Waals surface area contributed by atoms with Gasteiger partial charge in [0.25, 0.3) is 0 Å². The standard InChI is InChI=1S/C20H11ClF3NO/c21-18-7-2-1-6-17(18)14(12-25)11-16-8-9-19(26-16)13-4-3-5-15(10-13)20(22,23)24/h1-11H. The summed E-state index contributed by atoms with van der Waals surface area (Å²) in [6.07, 6.45) is -2.93. The molecule has 0 fully saturated rings. The third-order valence-electron chi connectivity index (χ3n) is 3.67. The molecule has 130 valence electrons. The molecule has 26 heavy (non-hydrogen) atoms. The maximum Gasteiger partial charge on any atom is 0.416 e. The molecule has 0 bridgehead atoms. The van der Waals surface area contributed by atoms with E-state index in [1.807, 2.05) is 0 Å². The summed E-state index contributed by atoms with van der Waals surface area (Å²) in [4.78, 5) is 0. The Morgan fingerprint density at radius 1 is 1.04 bits per heavy atom. The Labute approximate surface area is 152 Å². The van der Waals surface area contributed by atoms with E-state index in [1.165, 1.54) is 18.2 Å². The van der Waals surface area contributed by atoms with E-state index >= 15 is 0 Å². The molecule has 0 N–H and O–H groups in total. The number of allylic oxidation sites excluding steroid dienone is 1. The first-order valence-corrected chi connectivity index (χ1v) is 7.90. The van der Waals surface area contributed by atoms with Crippen molar-refractivity contribution < 1.29 is 17.6 Å². The van der Waals surface area contributed by atoms with Crippen LogP contribution in [0.1, 0.15) is 16.9 Å². The van der Waals surface area contributed by atoms with Crippen molar-refractivity contribution in [1.29, 1.82) is 5.26 Å². The molecule has 0 amide bonds. The van der Waals surface area contributed by atoms with E-state index in [9.17, 15) is 18.4 Å². The normalized spacial score (nSPS) is 12.0. The van der Waals surface area contributed by atoms with Crippen LogP contribution in [0.4, 0.5) is 13.2 Å². The highest BCUT2D eigenvalue weighted by Crippen LogP contribution is 2.33. The fraction of sp³-hybridized carbons (Fsp3) is 0.0500. The molecule has 0 aliphatic rings. The fourth-order valence-electron chi connectivity index (χ4n) is 2.43. The van der Waals surface area contributed by atoms with E-state index in [2.05, 4.69) is 6.07 Å². The van der Waals surface area contributed by atoms with Crippen LogP contribution in [0.5, 0.6) is 0 Å². The highest BCUT2D eigenvalue weighted by Gasteiger charge is 2.30. The highest BCUT2D eigenvalue weighted by atomic mass is 35.5. The predicted molar refractivity (Wildman–Crippen MR) is 94.1 cm³/mol. The van der Waals surface area contributed by atoms with Crippen molar-refractivity contribution in [3.8, 4) is 17.4 Å². The number of benzene rings is 2. The number of halogens is 4. The van der Waals surface area contributed by atoms with Crippen molar-refractivity contribution in [2.45, 2.75) is 6.18 Å². The number of nitrogens with zero attached hydrogens (tertiary/aromatic N) is 1. The second-order valence-electron chi connectivity index (χ2n) is 5.43. The molecule has 3 aromatic rings. The fourth-order valence-corrected chi connectivity index (χ4v) is 2.66. The number of hydrogen-bond donors (Lipinski definition) is 0. The zero-order valence-corrected chi connectivity index (χ0v) is 14.0. The Kier molecular flexibility index (Phi) is 4.88. The largest absolute Gasteiger partial charge is 0.457 e. The van der Waals surface area contributed by atoms with Gasteiger partial charge in [-0.15, -0.1) is 0 Å². The average molecular weight is 374 g/mol. The lowest BCUT2D eigenvalue weighted by molar-refractivity contribution is -0.137. The molecule has 2 aromatic carbocycles. The molecule has 0 unspecified atom stereocenters. The average Bonchev–Trinajstić information content (AvgIpc) is 3.08. The van der Waals surface area contributed by atoms with Crippen molar-refractivity contribution >= 4 is 23.3 Å². The summed E-state index contributed by atoms with van der Waals surface area (Å²) in [6.45, 7) is 0. The number of alkyl halides is 3. The number of nitriles is 1. The van der Waals surface area contributed by atoms with Gasteiger partial charge in [-0.05, 0) is 36.4 Å². The molecule has 0 saturated carbocycles. The Bertz CT molecular complexity index is 1010. The summed E-state index contributed by atoms with van der Waals surface area (Å²) in [5.41, 5.74) is 0.391. The smallest absolute Gasteiger partial charge is 0.416 e. The maximum absolute atomic E-state index is 12.8. The Morgan fingerprint density at radius 2 is 1.81 bits per heavy atom. The predicted octanol–water partition coefficient (Wildman–Crippen LogP) is 6.68. The molecule has 0 saturated heterocycles. The van der Waals surface area contributed by atoms with Gasteiger partial charge < -0.3 is 4.42 Å². The summed E-state index contributed by atoms with van der Waals surface area (Å²) in [5, 5.41) is 9.79. The van der Waals surface area contributed by atoms with Crippen LogP contribution in [0.2, 0.25) is 5.02 Å². The third-order valence-corrected chi connectivity index (χ3v) is 4.00. The molecule has 6 heteroatoms. The van der Waals surface area contributed by atoms with Gasteiger partial charge in [0.2, 0.25) is 0 Å². The monoisotopic (exact) mass is 373 g/mol. The van der Waals surface area contributed by atoms with Gasteiger partial charge in [-0.1, -0.05) is 41.9 Å². The minimum atomic E-state index is -4.43. The van der Waals surface area contributed by atoms with Crippen molar-refractivity contribution in [1.82, 2.24) is 0 Å². The zero-order chi connectivity index (χ0) is 18.7. The van der Waals surface area contributed by atoms with Crippen LogP contribution in [0.3, 0.4) is 0 Å². The Morgan fingerprint density at radius 3 is 2.50 bits per heavy atom. The molecule has 0 atom stereocenters. The van der Waals surface area contributed by atoms with Gasteiger partial charge in [0.05, 0.1) is 17.2 Å². The van der Waals surface area contributed by atoms with Gasteiger partial charge in [-0.25, -0.2) is 0 Å². The third kappa shape index (κ3) is 3.81. The topological polar surface area (TPSA) is 36.9 Å². The highest BCUT2D eigenvalue weighted by molar-refractivity contribution is 6.32. The molecule has 3 rings (SSSR count). The number of furan rings is 1. The van der Waals surface area contributed by atoms with Gasteiger partial charge in [0, 0.05) is 16.1 Å². The van der Waals surface area contributed by atoms with Gasteiger partial charge in [-0.3, -0.25) is 0 Å². The lowest BCUT2D eigenvalue weighted by Crippen LogP contribution is -2.04. The summed E-state index contributed by atoms with van der Waals surface area (Å²) >= 11 is 6.10. The molecule has 0 radical (unpaired) electrons. The molecule has 1 aromatic heterocycles. The molecule has 0 spiro atoms. The lowest BCUT2D eigenvalue weighted by atomic mass is 10.1. The van der Waals surface area contributed by atoms with Crippen LogP contribution in [0.25, 0.3) is 23.0 Å². The van der Waals surface area contributed by atoms with E-state index in [1.54, 1.807) is 36.4 Å². The van der Waals surface area contributed by atoms with Gasteiger partial charge >= 0.3 is 6.18 Å². The minimum absolute atomic E-state index is 0.277. The molecular weight excluding hydrogens is 363 g/mol. The van der Waals surface area contributed by atoms with Crippen molar-refractivity contribution in [2.24, 2.45) is 0 Å². The second kappa shape index (κ2) is 7.11. The first-order chi connectivity index (χ1) is 12.4. The minimum Gasteiger partial charge on any atom is -0.457 e. The van der Waals surface area contributed by atoms with Crippen LogP contribution in [0.15, 0.2) is 65.1 Å². The second-order valence-corrected chi connectivity index (χ2v) is 5.84. The molecule has 0 aliphatic carbocycles. The van der Waals surface area contributed by atoms with E-state index in [0.717, 1.165) is 12.1 Å². The summed E-state index contributed by atoms with van der Waals surface area (Å²) < 4.78 is 44.1. The van der Waals surface area contributed by atoms with Crippen LogP contribution in [-0.4, -0.2) is 0 Å². The Balaban J connectivity index is 1.96. The van der Waals surface area contributed by atoms with Crippen molar-refractivity contribution in [3.05, 3.63) is 82.6 Å². The van der Waals surface area contributed by atoms with Crippen LogP contribution in [-0.2, 0) is 6.18 Å². The Hall–Kier alpha value is -2.97. The van der Waals surface area contributed by atoms with E-state index in [-0.39, 0.29) is 5.76 Å².